The lowest BCUT2D eigenvalue weighted by molar-refractivity contribution is 0.295. The van der Waals surface area contributed by atoms with Gasteiger partial charge in [-0.25, -0.2) is 4.98 Å². The molecular weight excluding hydrogens is 198 g/mol. The summed E-state index contributed by atoms with van der Waals surface area (Å²) < 4.78 is 0. The Morgan fingerprint density at radius 1 is 1.31 bits per heavy atom. The van der Waals surface area contributed by atoms with Gasteiger partial charge in [0.1, 0.15) is 5.82 Å². The molecule has 0 bridgehead atoms. The SMILES string of the molecule is CC1CC(C)C(C)N(c2ccc(N)cn2)C1. The number of nitrogen functional groups attached to an aromatic ring is 1. The van der Waals surface area contributed by atoms with Crippen LogP contribution in [0.15, 0.2) is 18.3 Å². The monoisotopic (exact) mass is 219 g/mol. The van der Waals surface area contributed by atoms with E-state index < -0.39 is 0 Å². The number of aromatic nitrogens is 1. The molecule has 0 spiro atoms. The first-order valence-corrected chi connectivity index (χ1v) is 6.06. The molecule has 88 valence electrons. The Bertz CT molecular complexity index is 347. The minimum absolute atomic E-state index is 0.562. The van der Waals surface area contributed by atoms with E-state index in [0.717, 1.165) is 29.9 Å². The van der Waals surface area contributed by atoms with Crippen molar-refractivity contribution in [3.05, 3.63) is 18.3 Å². The summed E-state index contributed by atoms with van der Waals surface area (Å²) in [5, 5.41) is 0. The number of hydrogen-bond donors (Lipinski definition) is 1. The summed E-state index contributed by atoms with van der Waals surface area (Å²) in [6.07, 6.45) is 3.05. The zero-order valence-corrected chi connectivity index (χ0v) is 10.4. The van der Waals surface area contributed by atoms with E-state index in [2.05, 4.69) is 30.7 Å². The summed E-state index contributed by atoms with van der Waals surface area (Å²) in [7, 11) is 0. The molecule has 0 aliphatic carbocycles. The Morgan fingerprint density at radius 3 is 2.69 bits per heavy atom. The van der Waals surface area contributed by atoms with Gasteiger partial charge < -0.3 is 10.6 Å². The zero-order valence-electron chi connectivity index (χ0n) is 10.4. The van der Waals surface area contributed by atoms with Gasteiger partial charge in [-0.3, -0.25) is 0 Å². The first-order chi connectivity index (χ1) is 7.58. The smallest absolute Gasteiger partial charge is 0.128 e. The van der Waals surface area contributed by atoms with Gasteiger partial charge in [-0.05, 0) is 37.3 Å². The first kappa shape index (κ1) is 11.2. The molecule has 2 heterocycles. The highest BCUT2D eigenvalue weighted by atomic mass is 15.2. The van der Waals surface area contributed by atoms with E-state index in [1.807, 2.05) is 12.1 Å². The van der Waals surface area contributed by atoms with E-state index in [9.17, 15) is 0 Å². The van der Waals surface area contributed by atoms with Gasteiger partial charge in [0.25, 0.3) is 0 Å². The molecule has 0 aromatic carbocycles. The second-order valence-electron chi connectivity index (χ2n) is 5.16. The molecule has 1 aliphatic heterocycles. The molecule has 3 unspecified atom stereocenters. The number of piperidine rings is 1. The number of anilines is 2. The third-order valence-electron chi connectivity index (χ3n) is 3.66. The molecule has 3 atom stereocenters. The lowest BCUT2D eigenvalue weighted by Gasteiger charge is -2.41. The van der Waals surface area contributed by atoms with Crippen LogP contribution in [0.1, 0.15) is 27.2 Å². The van der Waals surface area contributed by atoms with Crippen LogP contribution < -0.4 is 10.6 Å². The van der Waals surface area contributed by atoms with E-state index in [4.69, 9.17) is 5.73 Å². The Labute approximate surface area is 97.7 Å². The molecule has 1 saturated heterocycles. The van der Waals surface area contributed by atoms with Crippen LogP contribution in [-0.4, -0.2) is 17.6 Å². The topological polar surface area (TPSA) is 42.1 Å². The van der Waals surface area contributed by atoms with Crippen LogP contribution in [0.4, 0.5) is 11.5 Å². The van der Waals surface area contributed by atoms with Crippen molar-refractivity contribution in [1.29, 1.82) is 0 Å². The standard InChI is InChI=1S/C13H21N3/c1-9-6-10(2)11(3)16(8-9)13-5-4-12(14)7-15-13/h4-5,7,9-11H,6,8,14H2,1-3H3. The van der Waals surface area contributed by atoms with Gasteiger partial charge in [-0.1, -0.05) is 13.8 Å². The van der Waals surface area contributed by atoms with Crippen molar-refractivity contribution in [2.24, 2.45) is 11.8 Å². The zero-order chi connectivity index (χ0) is 11.7. The summed E-state index contributed by atoms with van der Waals surface area (Å²) >= 11 is 0. The largest absolute Gasteiger partial charge is 0.397 e. The van der Waals surface area contributed by atoms with Crippen molar-refractivity contribution < 1.29 is 0 Å². The molecule has 0 radical (unpaired) electrons. The van der Waals surface area contributed by atoms with Gasteiger partial charge in [-0.2, -0.15) is 0 Å². The van der Waals surface area contributed by atoms with Gasteiger partial charge in [0.05, 0.1) is 11.9 Å². The van der Waals surface area contributed by atoms with Crippen LogP contribution in [-0.2, 0) is 0 Å². The number of rotatable bonds is 1. The van der Waals surface area contributed by atoms with E-state index in [1.54, 1.807) is 6.20 Å². The van der Waals surface area contributed by atoms with Crippen LogP contribution in [0, 0.1) is 11.8 Å². The summed E-state index contributed by atoms with van der Waals surface area (Å²) in [6.45, 7) is 8.02. The number of hydrogen-bond acceptors (Lipinski definition) is 3. The molecule has 0 amide bonds. The average molecular weight is 219 g/mol. The molecule has 0 saturated carbocycles. The maximum Gasteiger partial charge on any atom is 0.128 e. The predicted molar refractivity (Wildman–Crippen MR) is 68.4 cm³/mol. The van der Waals surface area contributed by atoms with Crippen molar-refractivity contribution in [2.75, 3.05) is 17.2 Å². The van der Waals surface area contributed by atoms with Crippen molar-refractivity contribution in [2.45, 2.75) is 33.2 Å². The summed E-state index contributed by atoms with van der Waals surface area (Å²) in [5.41, 5.74) is 6.40. The van der Waals surface area contributed by atoms with Gasteiger partial charge in [0.15, 0.2) is 0 Å². The van der Waals surface area contributed by atoms with Crippen molar-refractivity contribution in [3.8, 4) is 0 Å². The minimum Gasteiger partial charge on any atom is -0.397 e. The molecule has 16 heavy (non-hydrogen) atoms. The minimum atomic E-state index is 0.562. The van der Waals surface area contributed by atoms with Crippen LogP contribution in [0.2, 0.25) is 0 Å². The van der Waals surface area contributed by atoms with Crippen LogP contribution in [0.25, 0.3) is 0 Å². The highest BCUT2D eigenvalue weighted by Gasteiger charge is 2.29. The van der Waals surface area contributed by atoms with E-state index in [0.29, 0.717) is 6.04 Å². The summed E-state index contributed by atoms with van der Waals surface area (Å²) in [6, 6.07) is 4.52. The molecule has 1 aromatic rings. The fourth-order valence-electron chi connectivity index (χ4n) is 2.58. The van der Waals surface area contributed by atoms with Crippen LogP contribution in [0.5, 0.6) is 0 Å². The number of pyridine rings is 1. The van der Waals surface area contributed by atoms with Gasteiger partial charge in [0, 0.05) is 12.6 Å². The highest BCUT2D eigenvalue weighted by molar-refractivity contribution is 5.46. The second kappa shape index (κ2) is 4.32. The van der Waals surface area contributed by atoms with E-state index in [-0.39, 0.29) is 0 Å². The molecular formula is C13H21N3. The third kappa shape index (κ3) is 2.13. The lowest BCUT2D eigenvalue weighted by atomic mass is 9.86. The van der Waals surface area contributed by atoms with Crippen LogP contribution >= 0.6 is 0 Å². The first-order valence-electron chi connectivity index (χ1n) is 6.06. The van der Waals surface area contributed by atoms with Crippen molar-refractivity contribution >= 4 is 11.5 Å². The Hall–Kier alpha value is -1.25. The van der Waals surface area contributed by atoms with E-state index in [1.165, 1.54) is 6.42 Å². The Balaban J connectivity index is 2.21. The van der Waals surface area contributed by atoms with E-state index >= 15 is 0 Å². The normalized spacial score (nSPS) is 30.4. The molecule has 1 aromatic heterocycles. The molecule has 1 fully saturated rings. The molecule has 2 N–H and O–H groups in total. The molecule has 3 nitrogen and oxygen atoms in total. The van der Waals surface area contributed by atoms with Crippen molar-refractivity contribution in [3.63, 3.8) is 0 Å². The predicted octanol–water partition coefficient (Wildman–Crippen LogP) is 2.53. The van der Waals surface area contributed by atoms with Crippen molar-refractivity contribution in [1.82, 2.24) is 4.98 Å². The van der Waals surface area contributed by atoms with Crippen LogP contribution in [0.3, 0.4) is 0 Å². The Kier molecular flexibility index (Phi) is 3.03. The fourth-order valence-corrected chi connectivity index (χ4v) is 2.58. The summed E-state index contributed by atoms with van der Waals surface area (Å²) in [5.74, 6) is 2.52. The highest BCUT2D eigenvalue weighted by Crippen LogP contribution is 2.30. The average Bonchev–Trinajstić information content (AvgIpc) is 2.25. The van der Waals surface area contributed by atoms with Gasteiger partial charge in [0.2, 0.25) is 0 Å². The molecule has 3 heteroatoms. The van der Waals surface area contributed by atoms with Gasteiger partial charge in [-0.15, -0.1) is 0 Å². The summed E-state index contributed by atoms with van der Waals surface area (Å²) in [4.78, 5) is 6.82. The molecule has 2 rings (SSSR count). The maximum atomic E-state index is 5.66. The maximum absolute atomic E-state index is 5.66. The number of nitrogens with two attached hydrogens (primary N) is 1. The number of nitrogens with zero attached hydrogens (tertiary/aromatic N) is 2. The Morgan fingerprint density at radius 2 is 2.06 bits per heavy atom. The second-order valence-corrected chi connectivity index (χ2v) is 5.16. The fraction of sp³-hybridized carbons (Fsp3) is 0.615. The third-order valence-corrected chi connectivity index (χ3v) is 3.66. The van der Waals surface area contributed by atoms with Gasteiger partial charge >= 0.3 is 0 Å². The quantitative estimate of drug-likeness (QED) is 0.789. The molecule has 1 aliphatic rings. The lowest BCUT2D eigenvalue weighted by Crippen LogP contribution is -2.46.